The van der Waals surface area contributed by atoms with Gasteiger partial charge in [-0.3, -0.25) is 4.79 Å². The first kappa shape index (κ1) is 17.0. The number of carbonyl (C=O) groups excluding carboxylic acids is 1. The van der Waals surface area contributed by atoms with E-state index in [1.54, 1.807) is 19.1 Å². The molecule has 0 aliphatic rings. The predicted octanol–water partition coefficient (Wildman–Crippen LogP) is 3.29. The van der Waals surface area contributed by atoms with Crippen LogP contribution < -0.4 is 4.74 Å². The van der Waals surface area contributed by atoms with E-state index >= 15 is 0 Å². The van der Waals surface area contributed by atoms with Crippen molar-refractivity contribution in [2.24, 2.45) is 0 Å². The second kappa shape index (κ2) is 8.34. The Balaban J connectivity index is 1.83. The van der Waals surface area contributed by atoms with Crippen molar-refractivity contribution < 1.29 is 14.3 Å². The van der Waals surface area contributed by atoms with E-state index in [0.717, 1.165) is 11.3 Å². The molecule has 23 heavy (non-hydrogen) atoms. The van der Waals surface area contributed by atoms with Crippen LogP contribution in [0.15, 0.2) is 48.5 Å². The van der Waals surface area contributed by atoms with Crippen molar-refractivity contribution >= 4 is 5.91 Å². The van der Waals surface area contributed by atoms with Crippen LogP contribution >= 0.6 is 0 Å². The van der Waals surface area contributed by atoms with Crippen LogP contribution in [0.3, 0.4) is 0 Å². The molecule has 0 heterocycles. The predicted molar refractivity (Wildman–Crippen MR) is 90.8 cm³/mol. The first-order chi connectivity index (χ1) is 11.1. The highest BCUT2D eigenvalue weighted by atomic mass is 16.5. The summed E-state index contributed by atoms with van der Waals surface area (Å²) in [4.78, 5) is 14.0. The number of methoxy groups -OCH3 is 1. The number of likely N-dealkylation sites (N-methyl/N-ethyl adjacent to an activating group) is 1. The van der Waals surface area contributed by atoms with Crippen LogP contribution in [0, 0.1) is 6.92 Å². The highest BCUT2D eigenvalue weighted by molar-refractivity contribution is 5.94. The number of aryl methyl sites for hydroxylation is 1. The third-order valence-corrected chi connectivity index (χ3v) is 3.57. The zero-order chi connectivity index (χ0) is 16.7. The first-order valence-corrected chi connectivity index (χ1v) is 7.63. The summed E-state index contributed by atoms with van der Waals surface area (Å²) < 4.78 is 10.7. The van der Waals surface area contributed by atoms with E-state index in [-0.39, 0.29) is 5.91 Å². The van der Waals surface area contributed by atoms with Gasteiger partial charge in [0, 0.05) is 19.7 Å². The summed E-state index contributed by atoms with van der Waals surface area (Å²) in [5, 5.41) is 0. The minimum Gasteiger partial charge on any atom is -0.492 e. The number of benzene rings is 2. The van der Waals surface area contributed by atoms with E-state index < -0.39 is 0 Å². The fraction of sp³-hybridized carbons (Fsp3) is 0.316. The molecule has 0 aromatic heterocycles. The van der Waals surface area contributed by atoms with E-state index in [0.29, 0.717) is 25.3 Å². The quantitative estimate of drug-likeness (QED) is 0.787. The molecule has 4 nitrogen and oxygen atoms in total. The highest BCUT2D eigenvalue weighted by Crippen LogP contribution is 2.12. The molecule has 0 saturated heterocycles. The molecule has 0 spiro atoms. The molecule has 4 heteroatoms. The van der Waals surface area contributed by atoms with E-state index in [1.807, 2.05) is 55.5 Å². The molecule has 2 rings (SSSR count). The van der Waals surface area contributed by atoms with Gasteiger partial charge in [0.05, 0.1) is 13.2 Å². The van der Waals surface area contributed by atoms with Gasteiger partial charge in [0.15, 0.2) is 0 Å². The van der Waals surface area contributed by atoms with Crippen LogP contribution in [0.2, 0.25) is 0 Å². The van der Waals surface area contributed by atoms with Gasteiger partial charge in [-0.15, -0.1) is 0 Å². The molecule has 0 aliphatic carbocycles. The zero-order valence-electron chi connectivity index (χ0n) is 13.9. The third kappa shape index (κ3) is 5.11. The fourth-order valence-corrected chi connectivity index (χ4v) is 2.17. The monoisotopic (exact) mass is 313 g/mol. The van der Waals surface area contributed by atoms with E-state index in [9.17, 15) is 4.79 Å². The van der Waals surface area contributed by atoms with E-state index in [1.165, 1.54) is 5.56 Å². The van der Waals surface area contributed by atoms with Crippen molar-refractivity contribution in [3.05, 3.63) is 65.2 Å². The van der Waals surface area contributed by atoms with Gasteiger partial charge in [-0.05, 0) is 36.8 Å². The molecule has 0 fully saturated rings. The molecule has 122 valence electrons. The van der Waals surface area contributed by atoms with Crippen molar-refractivity contribution in [3.63, 3.8) is 0 Å². The summed E-state index contributed by atoms with van der Waals surface area (Å²) in [5.41, 5.74) is 2.92. The van der Waals surface area contributed by atoms with Crippen molar-refractivity contribution in [2.45, 2.75) is 13.5 Å². The molecule has 0 radical (unpaired) electrons. The summed E-state index contributed by atoms with van der Waals surface area (Å²) in [7, 11) is 3.44. The van der Waals surface area contributed by atoms with Gasteiger partial charge in [0.2, 0.25) is 0 Å². The van der Waals surface area contributed by atoms with Gasteiger partial charge in [0.1, 0.15) is 12.4 Å². The van der Waals surface area contributed by atoms with Gasteiger partial charge < -0.3 is 14.4 Å². The second-order valence-corrected chi connectivity index (χ2v) is 5.52. The Morgan fingerprint density at radius 3 is 2.30 bits per heavy atom. The lowest BCUT2D eigenvalue weighted by molar-refractivity contribution is 0.0773. The smallest absolute Gasteiger partial charge is 0.253 e. The Hall–Kier alpha value is -2.33. The second-order valence-electron chi connectivity index (χ2n) is 5.52. The average molecular weight is 313 g/mol. The molecule has 2 aromatic carbocycles. The Kier molecular flexibility index (Phi) is 6.18. The van der Waals surface area contributed by atoms with Gasteiger partial charge in [-0.1, -0.05) is 29.8 Å². The number of ether oxygens (including phenoxy) is 2. The van der Waals surface area contributed by atoms with Gasteiger partial charge in [0.25, 0.3) is 5.91 Å². The Labute approximate surface area is 137 Å². The lowest BCUT2D eigenvalue weighted by Crippen LogP contribution is -2.30. The highest BCUT2D eigenvalue weighted by Gasteiger charge is 2.11. The van der Waals surface area contributed by atoms with Crippen LogP contribution in [0.5, 0.6) is 5.75 Å². The molecule has 0 bridgehead atoms. The fourth-order valence-electron chi connectivity index (χ4n) is 2.17. The SMILES string of the molecule is COCc1ccc(C(=O)N(C)CCOc2ccc(C)cc2)cc1. The Morgan fingerprint density at radius 1 is 1.04 bits per heavy atom. The number of hydrogen-bond acceptors (Lipinski definition) is 3. The minimum atomic E-state index is -0.0125. The maximum absolute atomic E-state index is 12.3. The normalized spacial score (nSPS) is 10.4. The number of amides is 1. The largest absolute Gasteiger partial charge is 0.492 e. The topological polar surface area (TPSA) is 38.8 Å². The molecule has 2 aromatic rings. The van der Waals surface area contributed by atoms with Crippen LogP contribution in [-0.4, -0.2) is 38.1 Å². The molecule has 0 atom stereocenters. The Bertz CT molecular complexity index is 620. The summed E-state index contributed by atoms with van der Waals surface area (Å²) in [6.07, 6.45) is 0. The summed E-state index contributed by atoms with van der Waals surface area (Å²) in [6.45, 7) is 3.59. The number of rotatable bonds is 7. The molecule has 0 N–H and O–H groups in total. The van der Waals surface area contributed by atoms with Crippen LogP contribution in [0.1, 0.15) is 21.5 Å². The molecule has 0 saturated carbocycles. The van der Waals surface area contributed by atoms with Gasteiger partial charge >= 0.3 is 0 Å². The van der Waals surface area contributed by atoms with Gasteiger partial charge in [-0.2, -0.15) is 0 Å². The molecular formula is C19H23NO3. The standard InChI is InChI=1S/C19H23NO3/c1-15-4-10-18(11-5-15)23-13-12-20(2)19(21)17-8-6-16(7-9-17)14-22-3/h4-11H,12-14H2,1-3H3. The maximum atomic E-state index is 12.3. The molecular weight excluding hydrogens is 290 g/mol. The lowest BCUT2D eigenvalue weighted by Gasteiger charge is -2.18. The maximum Gasteiger partial charge on any atom is 0.253 e. The number of hydrogen-bond donors (Lipinski definition) is 0. The van der Waals surface area contributed by atoms with Crippen LogP contribution in [-0.2, 0) is 11.3 Å². The number of nitrogens with zero attached hydrogens (tertiary/aromatic N) is 1. The van der Waals surface area contributed by atoms with Crippen LogP contribution in [0.25, 0.3) is 0 Å². The number of carbonyl (C=O) groups is 1. The average Bonchev–Trinajstić information content (AvgIpc) is 2.57. The summed E-state index contributed by atoms with van der Waals surface area (Å²) in [5.74, 6) is 0.807. The molecule has 1 amide bonds. The van der Waals surface area contributed by atoms with Crippen molar-refractivity contribution in [3.8, 4) is 5.75 Å². The summed E-state index contributed by atoms with van der Waals surface area (Å²) >= 11 is 0. The lowest BCUT2D eigenvalue weighted by atomic mass is 10.1. The third-order valence-electron chi connectivity index (χ3n) is 3.57. The van der Waals surface area contributed by atoms with Crippen molar-refractivity contribution in [1.29, 1.82) is 0 Å². The summed E-state index contributed by atoms with van der Waals surface area (Å²) in [6, 6.07) is 15.4. The zero-order valence-corrected chi connectivity index (χ0v) is 13.9. The van der Waals surface area contributed by atoms with E-state index in [2.05, 4.69) is 0 Å². The minimum absolute atomic E-state index is 0.0125. The first-order valence-electron chi connectivity index (χ1n) is 7.63. The van der Waals surface area contributed by atoms with Crippen LogP contribution in [0.4, 0.5) is 0 Å². The Morgan fingerprint density at radius 2 is 1.70 bits per heavy atom. The van der Waals surface area contributed by atoms with Gasteiger partial charge in [-0.25, -0.2) is 0 Å². The molecule has 0 aliphatic heterocycles. The van der Waals surface area contributed by atoms with Crippen molar-refractivity contribution in [2.75, 3.05) is 27.3 Å². The van der Waals surface area contributed by atoms with Crippen molar-refractivity contribution in [1.82, 2.24) is 4.90 Å². The molecule has 0 unspecified atom stereocenters. The van der Waals surface area contributed by atoms with E-state index in [4.69, 9.17) is 9.47 Å².